The molecule has 132 valence electrons. The normalized spacial score (nSPS) is 15.8. The Labute approximate surface area is 141 Å². The topological polar surface area (TPSA) is 92.8 Å². The molecule has 0 atom stereocenters. The molecule has 0 spiro atoms. The quantitative estimate of drug-likeness (QED) is 0.829. The second kappa shape index (κ2) is 7.65. The largest absolute Gasteiger partial charge is 0.497 e. The van der Waals surface area contributed by atoms with Crippen molar-refractivity contribution in [3.63, 3.8) is 0 Å². The summed E-state index contributed by atoms with van der Waals surface area (Å²) >= 11 is 0. The molecule has 8 heteroatoms. The zero-order valence-corrected chi connectivity index (χ0v) is 14.6. The Kier molecular flexibility index (Phi) is 5.82. The predicted octanol–water partition coefficient (Wildman–Crippen LogP) is 0.461. The Hall–Kier alpha value is -2.09. The summed E-state index contributed by atoms with van der Waals surface area (Å²) in [4.78, 5) is 25.4. The fourth-order valence-corrected chi connectivity index (χ4v) is 4.38. The third-order valence-corrected chi connectivity index (χ3v) is 6.34. The molecule has 0 radical (unpaired) electrons. The first-order valence-corrected chi connectivity index (χ1v) is 9.44. The lowest BCUT2D eigenvalue weighted by atomic mass is 10.1. The molecule has 0 unspecified atom stereocenters. The standard InChI is InChI=1S/C16H22N2O5S/c1-17-15(19)11-24(21,22)14-7-9-18(10-8-14)16(20)12-3-5-13(23-2)6-4-12/h3-6,14H,7-11H2,1-2H3,(H,17,19). The summed E-state index contributed by atoms with van der Waals surface area (Å²) < 4.78 is 29.5. The van der Waals surface area contributed by atoms with Gasteiger partial charge in [0.05, 0.1) is 12.4 Å². The van der Waals surface area contributed by atoms with Crippen molar-refractivity contribution in [2.24, 2.45) is 0 Å². The van der Waals surface area contributed by atoms with Gasteiger partial charge in [-0.25, -0.2) is 8.42 Å². The zero-order valence-electron chi connectivity index (χ0n) is 13.8. The molecule has 1 aromatic carbocycles. The van der Waals surface area contributed by atoms with Crippen molar-refractivity contribution in [1.29, 1.82) is 0 Å². The van der Waals surface area contributed by atoms with Gasteiger partial charge in [-0.1, -0.05) is 0 Å². The maximum Gasteiger partial charge on any atom is 0.253 e. The highest BCUT2D eigenvalue weighted by atomic mass is 32.2. The maximum atomic E-state index is 12.5. The van der Waals surface area contributed by atoms with Crippen LogP contribution in [0.2, 0.25) is 0 Å². The van der Waals surface area contributed by atoms with Crippen LogP contribution in [0.15, 0.2) is 24.3 Å². The van der Waals surface area contributed by atoms with Crippen LogP contribution >= 0.6 is 0 Å². The van der Waals surface area contributed by atoms with Crippen molar-refractivity contribution in [2.75, 3.05) is 33.0 Å². The highest BCUT2D eigenvalue weighted by Crippen LogP contribution is 2.21. The van der Waals surface area contributed by atoms with E-state index in [1.807, 2.05) is 0 Å². The van der Waals surface area contributed by atoms with Gasteiger partial charge in [-0.05, 0) is 37.1 Å². The highest BCUT2D eigenvalue weighted by Gasteiger charge is 2.33. The molecule has 7 nitrogen and oxygen atoms in total. The van der Waals surface area contributed by atoms with Crippen LogP contribution in [0.1, 0.15) is 23.2 Å². The molecule has 1 fully saturated rings. The molecule has 24 heavy (non-hydrogen) atoms. The van der Waals surface area contributed by atoms with Gasteiger partial charge in [0.25, 0.3) is 5.91 Å². The number of carbonyl (C=O) groups excluding carboxylic acids is 2. The minimum absolute atomic E-state index is 0.125. The molecular weight excluding hydrogens is 332 g/mol. The van der Waals surface area contributed by atoms with Crippen molar-refractivity contribution in [3.8, 4) is 5.75 Å². The van der Waals surface area contributed by atoms with E-state index in [9.17, 15) is 18.0 Å². The van der Waals surface area contributed by atoms with E-state index in [2.05, 4.69) is 5.32 Å². The summed E-state index contributed by atoms with van der Waals surface area (Å²) in [5.41, 5.74) is 0.544. The highest BCUT2D eigenvalue weighted by molar-refractivity contribution is 7.92. The molecular formula is C16H22N2O5S. The van der Waals surface area contributed by atoms with Crippen molar-refractivity contribution in [3.05, 3.63) is 29.8 Å². The van der Waals surface area contributed by atoms with Crippen molar-refractivity contribution < 1.29 is 22.7 Å². The number of rotatable bonds is 5. The van der Waals surface area contributed by atoms with Crippen LogP contribution in [0.25, 0.3) is 0 Å². The molecule has 0 aromatic heterocycles. The lowest BCUT2D eigenvalue weighted by molar-refractivity contribution is -0.118. The van der Waals surface area contributed by atoms with E-state index in [1.165, 1.54) is 7.05 Å². The minimum atomic E-state index is -3.48. The van der Waals surface area contributed by atoms with Gasteiger partial charge in [0.2, 0.25) is 5.91 Å². The van der Waals surface area contributed by atoms with Gasteiger partial charge in [-0.3, -0.25) is 9.59 Å². The second-order valence-corrected chi connectivity index (χ2v) is 7.98. The van der Waals surface area contributed by atoms with E-state index in [-0.39, 0.29) is 5.91 Å². The minimum Gasteiger partial charge on any atom is -0.497 e. The number of hydrogen-bond acceptors (Lipinski definition) is 5. The Morgan fingerprint density at radius 2 is 1.79 bits per heavy atom. The first kappa shape index (κ1) is 18.3. The first-order valence-electron chi connectivity index (χ1n) is 7.73. The Bertz CT molecular complexity index is 692. The van der Waals surface area contributed by atoms with Crippen LogP contribution in [0.3, 0.4) is 0 Å². The fourth-order valence-electron chi connectivity index (χ4n) is 2.71. The van der Waals surface area contributed by atoms with E-state index in [4.69, 9.17) is 4.74 Å². The van der Waals surface area contributed by atoms with Gasteiger partial charge in [-0.15, -0.1) is 0 Å². The molecule has 1 aromatic rings. The number of sulfone groups is 1. The summed E-state index contributed by atoms with van der Waals surface area (Å²) in [6.45, 7) is 0.727. The fraction of sp³-hybridized carbons (Fsp3) is 0.500. The number of amides is 2. The van der Waals surface area contributed by atoms with Crippen LogP contribution < -0.4 is 10.1 Å². The molecule has 0 aliphatic carbocycles. The van der Waals surface area contributed by atoms with Gasteiger partial charge in [0, 0.05) is 25.7 Å². The van der Waals surface area contributed by atoms with E-state index in [0.717, 1.165) is 0 Å². The Balaban J connectivity index is 1.96. The van der Waals surface area contributed by atoms with Crippen molar-refractivity contribution >= 4 is 21.7 Å². The molecule has 1 N–H and O–H groups in total. The van der Waals surface area contributed by atoms with Gasteiger partial charge in [0.1, 0.15) is 11.5 Å². The third kappa shape index (κ3) is 4.25. The number of methoxy groups -OCH3 is 1. The smallest absolute Gasteiger partial charge is 0.253 e. The monoisotopic (exact) mass is 354 g/mol. The lowest BCUT2D eigenvalue weighted by Gasteiger charge is -2.31. The Morgan fingerprint density at radius 3 is 2.29 bits per heavy atom. The summed E-state index contributed by atoms with van der Waals surface area (Å²) in [6, 6.07) is 6.81. The average molecular weight is 354 g/mol. The van der Waals surface area contributed by atoms with Gasteiger partial charge in [0.15, 0.2) is 9.84 Å². The molecule has 0 bridgehead atoms. The van der Waals surface area contributed by atoms with Crippen LogP contribution in [-0.4, -0.2) is 63.4 Å². The van der Waals surface area contributed by atoms with Gasteiger partial charge in [-0.2, -0.15) is 0 Å². The maximum absolute atomic E-state index is 12.5. The number of carbonyl (C=O) groups is 2. The predicted molar refractivity (Wildman–Crippen MR) is 89.8 cm³/mol. The number of benzene rings is 1. The molecule has 1 saturated heterocycles. The van der Waals surface area contributed by atoms with Gasteiger partial charge >= 0.3 is 0 Å². The molecule has 2 amide bonds. The van der Waals surface area contributed by atoms with Crippen LogP contribution in [0, 0.1) is 0 Å². The number of nitrogens with zero attached hydrogens (tertiary/aromatic N) is 1. The molecule has 1 aliphatic heterocycles. The van der Waals surface area contributed by atoms with E-state index < -0.39 is 26.7 Å². The van der Waals surface area contributed by atoms with E-state index in [1.54, 1.807) is 36.3 Å². The van der Waals surface area contributed by atoms with Crippen molar-refractivity contribution in [1.82, 2.24) is 10.2 Å². The van der Waals surface area contributed by atoms with Crippen LogP contribution in [-0.2, 0) is 14.6 Å². The molecule has 1 heterocycles. The lowest BCUT2D eigenvalue weighted by Crippen LogP contribution is -2.44. The van der Waals surface area contributed by atoms with Gasteiger partial charge < -0.3 is 15.0 Å². The van der Waals surface area contributed by atoms with Crippen LogP contribution in [0.4, 0.5) is 0 Å². The number of piperidine rings is 1. The summed E-state index contributed by atoms with van der Waals surface area (Å²) in [7, 11) is -0.517. The van der Waals surface area contributed by atoms with Crippen LogP contribution in [0.5, 0.6) is 5.75 Å². The number of nitrogens with one attached hydrogen (secondary N) is 1. The van der Waals surface area contributed by atoms with E-state index in [0.29, 0.717) is 37.2 Å². The molecule has 0 saturated carbocycles. The van der Waals surface area contributed by atoms with Crippen molar-refractivity contribution in [2.45, 2.75) is 18.1 Å². The number of ether oxygens (including phenoxy) is 1. The SMILES string of the molecule is CNC(=O)CS(=O)(=O)C1CCN(C(=O)c2ccc(OC)cc2)CC1. The second-order valence-electron chi connectivity index (χ2n) is 5.70. The third-order valence-electron chi connectivity index (χ3n) is 4.19. The van der Waals surface area contributed by atoms with E-state index >= 15 is 0 Å². The summed E-state index contributed by atoms with van der Waals surface area (Å²) in [6.07, 6.45) is 0.697. The first-order chi connectivity index (χ1) is 11.4. The number of likely N-dealkylation sites (tertiary alicyclic amines) is 1. The Morgan fingerprint density at radius 1 is 1.21 bits per heavy atom. The number of hydrogen-bond donors (Lipinski definition) is 1. The molecule has 2 rings (SSSR count). The summed E-state index contributed by atoms with van der Waals surface area (Å²) in [5, 5.41) is 1.75. The molecule has 1 aliphatic rings. The summed E-state index contributed by atoms with van der Waals surface area (Å²) in [5.74, 6) is -0.460. The average Bonchev–Trinajstić information content (AvgIpc) is 2.61. The zero-order chi connectivity index (χ0) is 17.7.